The van der Waals surface area contributed by atoms with Crippen LogP contribution < -0.4 is 10.1 Å². The van der Waals surface area contributed by atoms with Gasteiger partial charge in [0, 0.05) is 11.6 Å². The Morgan fingerprint density at radius 3 is 2.83 bits per heavy atom. The first-order chi connectivity index (χ1) is 11.2. The number of aliphatic hydroxyl groups is 1. The van der Waals surface area contributed by atoms with Crippen LogP contribution in [0.3, 0.4) is 0 Å². The van der Waals surface area contributed by atoms with Crippen LogP contribution in [0, 0.1) is 5.92 Å². The number of methoxy groups -OCH3 is 1. The average Bonchev–Trinajstić information content (AvgIpc) is 2.96. The van der Waals surface area contributed by atoms with E-state index in [9.17, 15) is 5.11 Å². The van der Waals surface area contributed by atoms with Crippen LogP contribution in [0.25, 0.3) is 0 Å². The van der Waals surface area contributed by atoms with E-state index in [1.54, 1.807) is 7.11 Å². The molecule has 122 valence electrons. The molecule has 0 saturated carbocycles. The Morgan fingerprint density at radius 2 is 2.04 bits per heavy atom. The predicted molar refractivity (Wildman–Crippen MR) is 93.2 cm³/mol. The number of hydrogen-bond donors (Lipinski definition) is 2. The molecule has 1 aliphatic carbocycles. The molecule has 0 amide bonds. The lowest BCUT2D eigenvalue weighted by Gasteiger charge is -2.15. The molecule has 3 nitrogen and oxygen atoms in total. The average molecular weight is 332 g/mol. The van der Waals surface area contributed by atoms with Gasteiger partial charge in [-0.2, -0.15) is 0 Å². The van der Waals surface area contributed by atoms with Gasteiger partial charge in [-0.05, 0) is 66.3 Å². The van der Waals surface area contributed by atoms with Crippen LogP contribution in [0.15, 0.2) is 42.5 Å². The highest BCUT2D eigenvalue weighted by molar-refractivity contribution is 6.30. The fourth-order valence-corrected chi connectivity index (χ4v) is 3.41. The van der Waals surface area contributed by atoms with Gasteiger partial charge in [-0.1, -0.05) is 29.8 Å². The topological polar surface area (TPSA) is 41.5 Å². The second kappa shape index (κ2) is 7.35. The van der Waals surface area contributed by atoms with E-state index in [1.807, 2.05) is 30.3 Å². The van der Waals surface area contributed by atoms with E-state index >= 15 is 0 Å². The maximum absolute atomic E-state index is 10.2. The van der Waals surface area contributed by atoms with Gasteiger partial charge < -0.3 is 15.2 Å². The van der Waals surface area contributed by atoms with Gasteiger partial charge in [-0.15, -0.1) is 0 Å². The van der Waals surface area contributed by atoms with Crippen molar-refractivity contribution in [3.05, 3.63) is 64.2 Å². The second-order valence-electron chi connectivity index (χ2n) is 6.14. The largest absolute Gasteiger partial charge is 0.497 e. The maximum Gasteiger partial charge on any atom is 0.119 e. The van der Waals surface area contributed by atoms with Gasteiger partial charge in [0.1, 0.15) is 5.75 Å². The number of rotatable bonds is 6. The van der Waals surface area contributed by atoms with Gasteiger partial charge in [-0.25, -0.2) is 0 Å². The highest BCUT2D eigenvalue weighted by Crippen LogP contribution is 2.29. The van der Waals surface area contributed by atoms with E-state index in [2.05, 4.69) is 17.4 Å². The third-order valence-electron chi connectivity index (χ3n) is 4.43. The minimum Gasteiger partial charge on any atom is -0.497 e. The van der Waals surface area contributed by atoms with Crippen LogP contribution in [-0.4, -0.2) is 25.3 Å². The second-order valence-corrected chi connectivity index (χ2v) is 6.57. The van der Waals surface area contributed by atoms with Crippen molar-refractivity contribution in [1.29, 1.82) is 0 Å². The number of ether oxygens (including phenoxy) is 1. The van der Waals surface area contributed by atoms with Crippen molar-refractivity contribution in [3.8, 4) is 5.75 Å². The first-order valence-electron chi connectivity index (χ1n) is 7.95. The lowest BCUT2D eigenvalue weighted by Crippen LogP contribution is -2.27. The Balaban J connectivity index is 1.48. The standard InChI is InChI=1S/C19H22ClNO2/c1-23-18-6-5-14-7-13(8-16(14)10-18)11-21-12-19(22)15-3-2-4-17(20)9-15/h2-6,9-10,13,19,21-22H,7-8,11-12H2,1H3. The summed E-state index contributed by atoms with van der Waals surface area (Å²) in [5.74, 6) is 1.50. The van der Waals surface area contributed by atoms with Crippen molar-refractivity contribution in [2.45, 2.75) is 18.9 Å². The molecule has 0 aliphatic heterocycles. The fourth-order valence-electron chi connectivity index (χ4n) is 3.21. The van der Waals surface area contributed by atoms with Crippen molar-refractivity contribution >= 4 is 11.6 Å². The van der Waals surface area contributed by atoms with Crippen molar-refractivity contribution in [2.24, 2.45) is 5.92 Å². The molecule has 2 N–H and O–H groups in total. The van der Waals surface area contributed by atoms with Crippen LogP contribution in [0.4, 0.5) is 0 Å². The summed E-state index contributed by atoms with van der Waals surface area (Å²) in [6.07, 6.45) is 1.62. The summed E-state index contributed by atoms with van der Waals surface area (Å²) in [5, 5.41) is 14.3. The summed E-state index contributed by atoms with van der Waals surface area (Å²) in [5.41, 5.74) is 3.64. The first kappa shape index (κ1) is 16.3. The molecule has 0 bridgehead atoms. The molecule has 2 aromatic carbocycles. The number of halogens is 1. The summed E-state index contributed by atoms with van der Waals surface area (Å²) >= 11 is 5.96. The van der Waals surface area contributed by atoms with E-state index in [0.29, 0.717) is 17.5 Å². The quantitative estimate of drug-likeness (QED) is 0.852. The van der Waals surface area contributed by atoms with Crippen molar-refractivity contribution in [3.63, 3.8) is 0 Å². The van der Waals surface area contributed by atoms with Crippen LogP contribution in [0.5, 0.6) is 5.75 Å². The lowest BCUT2D eigenvalue weighted by molar-refractivity contribution is 0.173. The molecular formula is C19H22ClNO2. The third-order valence-corrected chi connectivity index (χ3v) is 4.67. The maximum atomic E-state index is 10.2. The van der Waals surface area contributed by atoms with Crippen LogP contribution in [0.1, 0.15) is 22.8 Å². The molecule has 0 saturated heterocycles. The van der Waals surface area contributed by atoms with E-state index in [0.717, 1.165) is 30.7 Å². The predicted octanol–water partition coefficient (Wildman–Crippen LogP) is 3.39. The summed E-state index contributed by atoms with van der Waals surface area (Å²) in [7, 11) is 1.70. The molecule has 0 radical (unpaired) electrons. The molecule has 0 heterocycles. The number of hydrogen-bond acceptors (Lipinski definition) is 3. The van der Waals surface area contributed by atoms with Crippen molar-refractivity contribution in [1.82, 2.24) is 5.32 Å². The number of aliphatic hydroxyl groups excluding tert-OH is 1. The minimum absolute atomic E-state index is 0.530. The highest BCUT2D eigenvalue weighted by atomic mass is 35.5. The summed E-state index contributed by atoms with van der Waals surface area (Å²) < 4.78 is 5.29. The zero-order valence-electron chi connectivity index (χ0n) is 13.3. The van der Waals surface area contributed by atoms with Crippen molar-refractivity contribution in [2.75, 3.05) is 20.2 Å². The van der Waals surface area contributed by atoms with E-state index in [1.165, 1.54) is 11.1 Å². The van der Waals surface area contributed by atoms with Crippen LogP contribution in [-0.2, 0) is 12.8 Å². The normalized spacial score (nSPS) is 17.8. The lowest BCUT2D eigenvalue weighted by atomic mass is 10.1. The van der Waals surface area contributed by atoms with Gasteiger partial charge in [0.2, 0.25) is 0 Å². The van der Waals surface area contributed by atoms with E-state index < -0.39 is 6.10 Å². The molecule has 2 atom stereocenters. The van der Waals surface area contributed by atoms with Gasteiger partial charge in [0.05, 0.1) is 13.2 Å². The first-order valence-corrected chi connectivity index (χ1v) is 8.33. The molecule has 2 unspecified atom stereocenters. The molecule has 0 fully saturated rings. The monoisotopic (exact) mass is 331 g/mol. The summed E-state index contributed by atoms with van der Waals surface area (Å²) in [6.45, 7) is 1.44. The van der Waals surface area contributed by atoms with Gasteiger partial charge >= 0.3 is 0 Å². The Bertz CT molecular complexity index is 674. The Kier molecular flexibility index (Phi) is 5.21. The SMILES string of the molecule is COc1ccc2c(c1)CC(CNCC(O)c1cccc(Cl)c1)C2. The summed E-state index contributed by atoms with van der Waals surface area (Å²) in [6, 6.07) is 13.7. The summed E-state index contributed by atoms with van der Waals surface area (Å²) in [4.78, 5) is 0. The fraction of sp³-hybridized carbons (Fsp3) is 0.368. The van der Waals surface area contributed by atoms with Gasteiger partial charge in [-0.3, -0.25) is 0 Å². The highest BCUT2D eigenvalue weighted by Gasteiger charge is 2.21. The molecule has 3 rings (SSSR count). The zero-order chi connectivity index (χ0) is 16.2. The molecule has 2 aromatic rings. The molecule has 4 heteroatoms. The zero-order valence-corrected chi connectivity index (χ0v) is 14.0. The third kappa shape index (κ3) is 4.05. The van der Waals surface area contributed by atoms with Crippen LogP contribution >= 0.6 is 11.6 Å². The number of nitrogens with one attached hydrogen (secondary N) is 1. The Morgan fingerprint density at radius 1 is 1.22 bits per heavy atom. The van der Waals surface area contributed by atoms with E-state index in [4.69, 9.17) is 16.3 Å². The Hall–Kier alpha value is -1.55. The number of fused-ring (bicyclic) bond motifs is 1. The minimum atomic E-state index is -0.530. The van der Waals surface area contributed by atoms with Crippen LogP contribution in [0.2, 0.25) is 5.02 Å². The van der Waals surface area contributed by atoms with E-state index in [-0.39, 0.29) is 0 Å². The molecule has 0 spiro atoms. The molecule has 23 heavy (non-hydrogen) atoms. The van der Waals surface area contributed by atoms with Crippen molar-refractivity contribution < 1.29 is 9.84 Å². The number of benzene rings is 2. The Labute approximate surface area is 142 Å². The van der Waals surface area contributed by atoms with Gasteiger partial charge in [0.25, 0.3) is 0 Å². The van der Waals surface area contributed by atoms with Gasteiger partial charge in [0.15, 0.2) is 0 Å². The molecular weight excluding hydrogens is 310 g/mol. The smallest absolute Gasteiger partial charge is 0.119 e. The molecule has 0 aromatic heterocycles. The molecule has 1 aliphatic rings.